The molecule has 0 saturated carbocycles. The maximum Gasteiger partial charge on any atom is 2.00 e. The topological polar surface area (TPSA) is 97.4 Å². The minimum Gasteiger partial charge on any atom is -1.00 e. The van der Waals surface area contributed by atoms with Gasteiger partial charge in [-0.15, -0.1) is 0 Å². The molecule has 2 N–H and O–H groups in total. The van der Waals surface area contributed by atoms with Crippen LogP contribution in [-0.2, 0) is 0 Å². The molecule has 0 saturated heterocycles. The molecule has 0 bridgehead atoms. The van der Waals surface area contributed by atoms with Crippen molar-refractivity contribution in [1.82, 2.24) is 0 Å². The Morgan fingerprint density at radius 1 is 1.50 bits per heavy atom. The van der Waals surface area contributed by atoms with Crippen LogP contribution in [-0.4, -0.2) is 37.7 Å². The number of hydrogen-bond donors (Lipinski definition) is 1. The van der Waals surface area contributed by atoms with Gasteiger partial charge < -0.3 is 8.59 Å². The molecule has 6 heavy (non-hydrogen) atoms. The van der Waals surface area contributed by atoms with E-state index in [2.05, 4.69) is 5.73 Å². The van der Waals surface area contributed by atoms with Crippen molar-refractivity contribution < 1.29 is 2.85 Å². The summed E-state index contributed by atoms with van der Waals surface area (Å²) < 4.78 is 0. The summed E-state index contributed by atoms with van der Waals surface area (Å²) in [5.74, 6) is 0. The summed E-state index contributed by atoms with van der Waals surface area (Å²) >= 11 is 0. The summed E-state index contributed by atoms with van der Waals surface area (Å²) in [6.07, 6.45) is 1.25. The molecular formula is CH4CaN4. The van der Waals surface area contributed by atoms with Gasteiger partial charge in [0.1, 0.15) is 0 Å². The second-order valence-corrected chi connectivity index (χ2v) is 0.129. The second kappa shape index (κ2) is 83.3. The number of nitrogens with two attached hydrogens (primary N) is 1. The molecule has 0 amide bonds. The Hall–Kier alpha value is -0.0303. The van der Waals surface area contributed by atoms with E-state index >= 15 is 0 Å². The molecule has 0 rings (SSSR count). The third-order valence-corrected chi connectivity index (χ3v) is 0. The summed E-state index contributed by atoms with van der Waals surface area (Å²) in [6.45, 7) is 0. The maximum atomic E-state index is 7.10. The molecule has 0 heterocycles. The van der Waals surface area contributed by atoms with Gasteiger partial charge in [0.25, 0.3) is 0 Å². The van der Waals surface area contributed by atoms with E-state index in [0.717, 1.165) is 0 Å². The first-order valence-corrected chi connectivity index (χ1v) is 0.712. The molecular weight excluding hydrogens is 108 g/mol. The SMILES string of the molecule is N#CN.N#N.[Ca+2].[H-].[H-]. The van der Waals surface area contributed by atoms with Crippen molar-refractivity contribution in [3.05, 3.63) is 0 Å². The van der Waals surface area contributed by atoms with Gasteiger partial charge in [0.05, 0.1) is 0 Å². The Labute approximate surface area is 68.3 Å². The van der Waals surface area contributed by atoms with Crippen molar-refractivity contribution in [3.63, 3.8) is 0 Å². The monoisotopic (exact) mass is 112 g/mol. The van der Waals surface area contributed by atoms with Crippen LogP contribution in [0.2, 0.25) is 0 Å². The molecule has 0 aliphatic carbocycles. The number of hydrogen-bond acceptors (Lipinski definition) is 4. The Bertz CT molecular complexity index is 56.8. The molecule has 0 atom stereocenters. The van der Waals surface area contributed by atoms with Crippen LogP contribution in [0, 0.1) is 22.2 Å². The standard InChI is InChI=1S/CH2N2.Ca.N2.2H/c2-1-3;;1-2;;/h2H2;;;;/q;+2;;2*-1. The maximum absolute atomic E-state index is 7.10. The minimum atomic E-state index is 0. The summed E-state index contributed by atoms with van der Waals surface area (Å²) in [5, 5.41) is 19.1. The zero-order chi connectivity index (χ0) is 4.71. The minimum absolute atomic E-state index is 0. The van der Waals surface area contributed by atoms with Crippen molar-refractivity contribution >= 4 is 37.7 Å². The van der Waals surface area contributed by atoms with Gasteiger partial charge in [0.15, 0.2) is 6.19 Å². The molecule has 5 heteroatoms. The molecule has 0 spiro atoms. The molecule has 4 nitrogen and oxygen atoms in total. The first kappa shape index (κ1) is 16.7. The number of rotatable bonds is 0. The molecule has 0 aromatic carbocycles. The molecule has 0 fully saturated rings. The predicted octanol–water partition coefficient (Wildman–Crippen LogP) is -0.699. The van der Waals surface area contributed by atoms with E-state index in [1.165, 1.54) is 6.19 Å². The molecule has 0 aromatic heterocycles. The van der Waals surface area contributed by atoms with Crippen LogP contribution in [0.3, 0.4) is 0 Å². The van der Waals surface area contributed by atoms with Gasteiger partial charge in [-0.3, -0.25) is 0 Å². The summed E-state index contributed by atoms with van der Waals surface area (Å²) in [4.78, 5) is 0. The van der Waals surface area contributed by atoms with E-state index in [-0.39, 0.29) is 40.6 Å². The van der Waals surface area contributed by atoms with E-state index in [9.17, 15) is 0 Å². The fourth-order valence-electron chi connectivity index (χ4n) is 0. The second-order valence-electron chi connectivity index (χ2n) is 0.129. The predicted molar refractivity (Wildman–Crippen MR) is 21.2 cm³/mol. The Morgan fingerprint density at radius 3 is 1.50 bits per heavy atom. The molecule has 0 aliphatic heterocycles. The quantitative estimate of drug-likeness (QED) is 0.194. The van der Waals surface area contributed by atoms with Gasteiger partial charge in [0.2, 0.25) is 0 Å². The van der Waals surface area contributed by atoms with Gasteiger partial charge in [-0.05, 0) is 0 Å². The molecule has 0 radical (unpaired) electrons. The van der Waals surface area contributed by atoms with Gasteiger partial charge in [-0.25, -0.2) is 0 Å². The zero-order valence-corrected chi connectivity index (χ0v) is 5.33. The van der Waals surface area contributed by atoms with Crippen molar-refractivity contribution in [2.45, 2.75) is 0 Å². The van der Waals surface area contributed by atoms with E-state index in [0.29, 0.717) is 0 Å². The van der Waals surface area contributed by atoms with Crippen LogP contribution in [0.5, 0.6) is 0 Å². The first-order valence-electron chi connectivity index (χ1n) is 0.712. The van der Waals surface area contributed by atoms with E-state index in [1.54, 1.807) is 0 Å². The van der Waals surface area contributed by atoms with Crippen molar-refractivity contribution in [2.24, 2.45) is 5.73 Å². The van der Waals surface area contributed by atoms with E-state index < -0.39 is 0 Å². The van der Waals surface area contributed by atoms with Crippen LogP contribution in [0.1, 0.15) is 2.85 Å². The van der Waals surface area contributed by atoms with Crippen molar-refractivity contribution in [1.29, 1.82) is 16.0 Å². The molecule has 30 valence electrons. The average Bonchev–Trinajstić information content (AvgIpc) is 1.46. The zero-order valence-electron chi connectivity index (χ0n) is 5.13. The van der Waals surface area contributed by atoms with Gasteiger partial charge >= 0.3 is 37.7 Å². The number of nitrogens with zero attached hydrogens (tertiary/aromatic N) is 3. The van der Waals surface area contributed by atoms with E-state index in [4.69, 9.17) is 16.0 Å². The van der Waals surface area contributed by atoms with E-state index in [1.807, 2.05) is 0 Å². The largest absolute Gasteiger partial charge is 2.00 e. The fraction of sp³-hybridized carbons (Fsp3) is 0. The molecule has 0 aliphatic rings. The first-order chi connectivity index (χ1) is 2.41. The summed E-state index contributed by atoms with van der Waals surface area (Å²) in [7, 11) is 0. The number of nitriles is 1. The third kappa shape index (κ3) is 38200. The van der Waals surface area contributed by atoms with Gasteiger partial charge in [-0.1, -0.05) is 0 Å². The fourth-order valence-corrected chi connectivity index (χ4v) is 0. The Morgan fingerprint density at radius 2 is 1.50 bits per heavy atom. The van der Waals surface area contributed by atoms with Crippen LogP contribution < -0.4 is 5.73 Å². The summed E-state index contributed by atoms with van der Waals surface area (Å²) in [5.41, 5.74) is 4.15. The Balaban J connectivity index is -0.00000000567. The summed E-state index contributed by atoms with van der Waals surface area (Å²) in [6, 6.07) is 0. The van der Waals surface area contributed by atoms with Crippen molar-refractivity contribution in [2.75, 3.05) is 0 Å². The smallest absolute Gasteiger partial charge is 1.00 e. The van der Waals surface area contributed by atoms with Crippen LogP contribution in [0.25, 0.3) is 0 Å². The van der Waals surface area contributed by atoms with Crippen LogP contribution >= 0.6 is 0 Å². The van der Waals surface area contributed by atoms with Crippen molar-refractivity contribution in [3.8, 4) is 6.19 Å². The van der Waals surface area contributed by atoms with Crippen LogP contribution in [0.15, 0.2) is 0 Å². The van der Waals surface area contributed by atoms with Gasteiger partial charge in [-0.2, -0.15) is 5.26 Å². The Kier molecular flexibility index (Phi) is 232. The third-order valence-electron chi connectivity index (χ3n) is 0. The average molecular weight is 112 g/mol. The molecule has 0 unspecified atom stereocenters. The normalized spacial score (nSPS) is 1.50. The van der Waals surface area contributed by atoms with Crippen LogP contribution in [0.4, 0.5) is 0 Å². The van der Waals surface area contributed by atoms with Gasteiger partial charge in [0, 0.05) is 10.8 Å². The molecule has 0 aromatic rings.